The lowest BCUT2D eigenvalue weighted by atomic mass is 9.98. The standard InChI is InChI=1S/C28H28F2N6O4S/c1-39-24-14-20(13-22(30)25(24)26(36-41(37)38)17-6-3-2-4-7-17)40-27-21(8-5-10-32-27)23-9-11-33-28(35-23)34-19-12-18(29)15-31-16-19/h2-11,13-14,18-19,26,31,36H,12,15-16H2,1H3,(H,37,38)(H,33,34,35)/p-1/t18-,19-,26?/m0/s1. The zero-order chi connectivity index (χ0) is 28.8. The summed E-state index contributed by atoms with van der Waals surface area (Å²) in [5, 5.41) is 6.19. The Hall–Kier alpha value is -4.04. The van der Waals surface area contributed by atoms with E-state index in [1.807, 2.05) is 0 Å². The molecule has 2 unspecified atom stereocenters. The van der Waals surface area contributed by atoms with Gasteiger partial charge in [-0.3, -0.25) is 4.21 Å². The van der Waals surface area contributed by atoms with E-state index in [9.17, 15) is 13.2 Å². The second kappa shape index (κ2) is 13.1. The van der Waals surface area contributed by atoms with Crippen molar-refractivity contribution in [1.82, 2.24) is 25.0 Å². The summed E-state index contributed by atoms with van der Waals surface area (Å²) in [7, 11) is 1.35. The molecule has 1 saturated heterocycles. The van der Waals surface area contributed by atoms with Gasteiger partial charge in [-0.15, -0.1) is 0 Å². The first-order valence-electron chi connectivity index (χ1n) is 12.8. The first-order chi connectivity index (χ1) is 19.9. The van der Waals surface area contributed by atoms with Gasteiger partial charge in [-0.25, -0.2) is 28.5 Å². The average molecular weight is 582 g/mol. The van der Waals surface area contributed by atoms with E-state index < -0.39 is 29.3 Å². The molecule has 1 aliphatic rings. The molecule has 1 fully saturated rings. The average Bonchev–Trinajstić information content (AvgIpc) is 2.97. The van der Waals surface area contributed by atoms with Crippen molar-refractivity contribution in [2.75, 3.05) is 25.5 Å². The Balaban J connectivity index is 1.44. The van der Waals surface area contributed by atoms with Crippen molar-refractivity contribution in [3.8, 4) is 28.6 Å². The fraction of sp³-hybridized carbons (Fsp3) is 0.250. The number of methoxy groups -OCH3 is 1. The van der Waals surface area contributed by atoms with Gasteiger partial charge in [-0.1, -0.05) is 30.3 Å². The molecule has 0 radical (unpaired) electrons. The van der Waals surface area contributed by atoms with Gasteiger partial charge in [0.25, 0.3) is 0 Å². The summed E-state index contributed by atoms with van der Waals surface area (Å²) in [5.74, 6) is -0.124. The van der Waals surface area contributed by atoms with Crippen molar-refractivity contribution in [2.24, 2.45) is 0 Å². The molecule has 13 heteroatoms. The third-order valence-corrected chi connectivity index (χ3v) is 6.90. The number of rotatable bonds is 10. The van der Waals surface area contributed by atoms with Crippen molar-refractivity contribution in [3.05, 3.63) is 90.0 Å². The summed E-state index contributed by atoms with van der Waals surface area (Å²) in [6, 6.07) is 15.1. The van der Waals surface area contributed by atoms with E-state index in [2.05, 4.69) is 30.3 Å². The largest absolute Gasteiger partial charge is 0.760 e. The van der Waals surface area contributed by atoms with E-state index in [1.54, 1.807) is 54.7 Å². The molecule has 0 aliphatic carbocycles. The minimum atomic E-state index is -2.69. The summed E-state index contributed by atoms with van der Waals surface area (Å²) in [4.78, 5) is 13.1. The topological polar surface area (TPSA) is 133 Å². The van der Waals surface area contributed by atoms with Crippen LogP contribution in [-0.2, 0) is 11.3 Å². The zero-order valence-electron chi connectivity index (χ0n) is 21.9. The van der Waals surface area contributed by atoms with Crippen molar-refractivity contribution in [3.63, 3.8) is 0 Å². The number of benzene rings is 2. The highest BCUT2D eigenvalue weighted by atomic mass is 32.2. The summed E-state index contributed by atoms with van der Waals surface area (Å²) in [6.45, 7) is 0.910. The highest BCUT2D eigenvalue weighted by Gasteiger charge is 2.25. The SMILES string of the molecule is COc1cc(Oc2ncccc2-c2ccnc(N[C@@H]3CNC[C@@H](F)C3)n2)cc(F)c1C(NS(=O)[O-])c1ccccc1. The van der Waals surface area contributed by atoms with Crippen LogP contribution in [0.5, 0.6) is 17.4 Å². The molecular weight excluding hydrogens is 554 g/mol. The van der Waals surface area contributed by atoms with Crippen LogP contribution in [0.25, 0.3) is 11.3 Å². The maximum Gasteiger partial charge on any atom is 0.228 e. The summed E-state index contributed by atoms with van der Waals surface area (Å²) >= 11 is -2.69. The normalized spacial score (nSPS) is 18.3. The summed E-state index contributed by atoms with van der Waals surface area (Å²) in [5.41, 5.74) is 1.52. The van der Waals surface area contributed by atoms with Gasteiger partial charge in [-0.05, 0) is 23.8 Å². The molecule has 0 spiro atoms. The lowest BCUT2D eigenvalue weighted by Crippen LogP contribution is -2.44. The second-order valence-corrected chi connectivity index (χ2v) is 9.98. The van der Waals surface area contributed by atoms with Gasteiger partial charge in [0.05, 0.1) is 30.0 Å². The molecule has 214 valence electrons. The van der Waals surface area contributed by atoms with Crippen molar-refractivity contribution >= 4 is 17.2 Å². The monoisotopic (exact) mass is 581 g/mol. The number of halogens is 2. The Morgan fingerprint density at radius 3 is 2.68 bits per heavy atom. The number of nitrogens with zero attached hydrogens (tertiary/aromatic N) is 3. The molecule has 5 rings (SSSR count). The van der Waals surface area contributed by atoms with Crippen molar-refractivity contribution in [2.45, 2.75) is 24.7 Å². The molecule has 2 aromatic heterocycles. The van der Waals surface area contributed by atoms with Gasteiger partial charge in [0, 0.05) is 61.3 Å². The smallest absolute Gasteiger partial charge is 0.228 e. The van der Waals surface area contributed by atoms with Crippen LogP contribution < -0.4 is 24.8 Å². The van der Waals surface area contributed by atoms with E-state index in [0.717, 1.165) is 6.07 Å². The van der Waals surface area contributed by atoms with Crippen LogP contribution in [0.3, 0.4) is 0 Å². The summed E-state index contributed by atoms with van der Waals surface area (Å²) in [6.07, 6.45) is 2.48. The van der Waals surface area contributed by atoms with E-state index in [0.29, 0.717) is 42.3 Å². The van der Waals surface area contributed by atoms with E-state index >= 15 is 4.39 Å². The van der Waals surface area contributed by atoms with E-state index in [4.69, 9.17) is 9.47 Å². The molecule has 0 amide bonds. The fourth-order valence-electron chi connectivity index (χ4n) is 4.65. The van der Waals surface area contributed by atoms with Crippen LogP contribution in [0.1, 0.15) is 23.6 Å². The van der Waals surface area contributed by atoms with Gasteiger partial charge in [0.1, 0.15) is 23.5 Å². The fourth-order valence-corrected chi connectivity index (χ4v) is 5.10. The van der Waals surface area contributed by atoms with Gasteiger partial charge in [0.2, 0.25) is 11.8 Å². The molecule has 1 aliphatic heterocycles. The molecule has 0 bridgehead atoms. The zero-order valence-corrected chi connectivity index (χ0v) is 22.7. The van der Waals surface area contributed by atoms with Crippen LogP contribution in [0.4, 0.5) is 14.7 Å². The Morgan fingerprint density at radius 2 is 1.93 bits per heavy atom. The van der Waals surface area contributed by atoms with E-state index in [1.165, 1.54) is 19.4 Å². The number of pyridine rings is 1. The minimum absolute atomic E-state index is 0.00395. The highest BCUT2D eigenvalue weighted by molar-refractivity contribution is 7.77. The molecule has 3 N–H and O–H groups in total. The Kier molecular flexibility index (Phi) is 9.09. The molecule has 10 nitrogen and oxygen atoms in total. The first kappa shape index (κ1) is 28.5. The van der Waals surface area contributed by atoms with Crippen LogP contribution in [0.15, 0.2) is 73.1 Å². The first-order valence-corrected chi connectivity index (χ1v) is 13.8. The number of hydrogen-bond acceptors (Lipinski definition) is 9. The summed E-state index contributed by atoms with van der Waals surface area (Å²) < 4.78 is 66.4. The highest BCUT2D eigenvalue weighted by Crippen LogP contribution is 2.38. The predicted molar refractivity (Wildman–Crippen MR) is 148 cm³/mol. The third kappa shape index (κ3) is 7.00. The maximum absolute atomic E-state index is 15.6. The third-order valence-electron chi connectivity index (χ3n) is 6.47. The molecule has 4 atom stereocenters. The lowest BCUT2D eigenvalue weighted by Gasteiger charge is -2.26. The van der Waals surface area contributed by atoms with Crippen molar-refractivity contribution < 1.29 is 27.0 Å². The van der Waals surface area contributed by atoms with Crippen LogP contribution in [0, 0.1) is 5.82 Å². The number of nitrogens with one attached hydrogen (secondary N) is 3. The number of hydrogen-bond donors (Lipinski definition) is 3. The number of piperidine rings is 1. The lowest BCUT2D eigenvalue weighted by molar-refractivity contribution is 0.254. The molecule has 2 aromatic carbocycles. The number of aromatic nitrogens is 3. The number of ether oxygens (including phenoxy) is 2. The van der Waals surface area contributed by atoms with Crippen LogP contribution >= 0.6 is 0 Å². The molecule has 4 aromatic rings. The molecule has 0 saturated carbocycles. The number of anilines is 1. The maximum atomic E-state index is 15.6. The second-order valence-electron chi connectivity index (χ2n) is 9.27. The van der Waals surface area contributed by atoms with Gasteiger partial charge in [0.15, 0.2) is 0 Å². The molecular formula is C28H27F2N6O4S-. The van der Waals surface area contributed by atoms with E-state index in [-0.39, 0.29) is 29.0 Å². The van der Waals surface area contributed by atoms with Gasteiger partial charge >= 0.3 is 0 Å². The van der Waals surface area contributed by atoms with Crippen molar-refractivity contribution in [1.29, 1.82) is 0 Å². The Bertz CT molecular complexity index is 1520. The van der Waals surface area contributed by atoms with Crippen LogP contribution in [-0.4, -0.2) is 56.1 Å². The Labute approximate surface area is 238 Å². The van der Waals surface area contributed by atoms with Gasteiger partial charge in [-0.2, -0.15) is 0 Å². The molecule has 41 heavy (non-hydrogen) atoms. The number of alkyl halides is 1. The minimum Gasteiger partial charge on any atom is -0.760 e. The van der Waals surface area contributed by atoms with Gasteiger partial charge < -0.3 is 24.7 Å². The predicted octanol–water partition coefficient (Wildman–Crippen LogP) is 4.06. The Morgan fingerprint density at radius 1 is 1.10 bits per heavy atom. The quantitative estimate of drug-likeness (QED) is 0.237. The molecule has 3 heterocycles. The van der Waals surface area contributed by atoms with Crippen LogP contribution in [0.2, 0.25) is 0 Å².